The van der Waals surface area contributed by atoms with Crippen LogP contribution in [-0.2, 0) is 0 Å². The zero-order valence-corrected chi connectivity index (χ0v) is 6.78. The topological polar surface area (TPSA) is 121 Å². The van der Waals surface area contributed by atoms with Gasteiger partial charge in [0.15, 0.2) is 0 Å². The van der Waals surface area contributed by atoms with E-state index in [1.54, 1.807) is 0 Å². The van der Waals surface area contributed by atoms with Crippen LogP contribution in [0.25, 0.3) is 0 Å². The first-order valence-electron chi connectivity index (χ1n) is 4.14. The minimum atomic E-state index is -1.88. The van der Waals surface area contributed by atoms with Crippen molar-refractivity contribution in [1.29, 1.82) is 0 Å². The first-order valence-corrected chi connectivity index (χ1v) is 3.56. The van der Waals surface area contributed by atoms with Gasteiger partial charge in [-0.25, -0.2) is 0 Å². The lowest BCUT2D eigenvalue weighted by atomic mass is 10.0. The Morgan fingerprint density at radius 3 is 2.15 bits per heavy atom. The molecule has 0 radical (unpaired) electrons. The molecule has 0 rings (SSSR count). The quantitative estimate of drug-likeness (QED) is 0.270. The summed E-state index contributed by atoms with van der Waals surface area (Å²) in [4.78, 5) is 0. The van der Waals surface area contributed by atoms with Gasteiger partial charge in [0.1, 0.15) is 30.2 Å². The summed E-state index contributed by atoms with van der Waals surface area (Å²) in [6.07, 6.45) is -7.18. The molecule has 0 amide bonds. The third kappa shape index (κ3) is 3.29. The summed E-state index contributed by atoms with van der Waals surface area (Å²) in [6, 6.07) is 0. The van der Waals surface area contributed by atoms with Gasteiger partial charge in [0.2, 0.25) is 0 Å². The van der Waals surface area contributed by atoms with E-state index in [1.165, 1.54) is 0 Å². The third-order valence-corrected chi connectivity index (χ3v) is 1.56. The molecule has 0 saturated carbocycles. The molecular formula is C7H14O6. The highest BCUT2D eigenvalue weighted by Gasteiger charge is 2.31. The number of rotatable bonds is 5. The molecule has 6 nitrogen and oxygen atoms in total. The SMILES string of the molecule is [2H]C=C(O)[C@@H](O)[C@@H](O)[C@H](O)[C@H](O)CO. The average Bonchev–Trinajstić information content (AvgIpc) is 2.23. The minimum Gasteiger partial charge on any atom is -0.510 e. The highest BCUT2D eigenvalue weighted by molar-refractivity contribution is 4.96. The molecule has 6 N–H and O–H groups in total. The molecule has 0 heterocycles. The summed E-state index contributed by atoms with van der Waals surface area (Å²) in [5.41, 5.74) is 0. The summed E-state index contributed by atoms with van der Waals surface area (Å²) in [7, 11) is 0. The fourth-order valence-electron chi connectivity index (χ4n) is 0.697. The Labute approximate surface area is 76.4 Å². The van der Waals surface area contributed by atoms with Crippen LogP contribution in [0.3, 0.4) is 0 Å². The van der Waals surface area contributed by atoms with Gasteiger partial charge < -0.3 is 30.6 Å². The molecule has 4 atom stereocenters. The van der Waals surface area contributed by atoms with E-state index < -0.39 is 36.8 Å². The molecular weight excluding hydrogens is 180 g/mol. The summed E-state index contributed by atoms with van der Waals surface area (Å²) in [6.45, 7) is -0.401. The largest absolute Gasteiger partial charge is 0.510 e. The first-order chi connectivity index (χ1) is 6.45. The van der Waals surface area contributed by atoms with Crippen molar-refractivity contribution in [2.45, 2.75) is 24.4 Å². The molecule has 0 aliphatic heterocycles. The second-order valence-electron chi connectivity index (χ2n) is 2.60. The Balaban J connectivity index is 4.38. The van der Waals surface area contributed by atoms with Gasteiger partial charge in [-0.2, -0.15) is 0 Å². The van der Waals surface area contributed by atoms with E-state index in [4.69, 9.17) is 32.0 Å². The normalized spacial score (nSPS) is 23.2. The second-order valence-corrected chi connectivity index (χ2v) is 2.60. The molecule has 6 heteroatoms. The highest BCUT2D eigenvalue weighted by atomic mass is 16.4. The predicted molar refractivity (Wildman–Crippen MR) is 42.9 cm³/mol. The van der Waals surface area contributed by atoms with Crippen molar-refractivity contribution in [3.8, 4) is 0 Å². The minimum absolute atomic E-state index is 0.395. The predicted octanol–water partition coefficient (Wildman–Crippen LogP) is -2.51. The maximum Gasteiger partial charge on any atom is 0.139 e. The van der Waals surface area contributed by atoms with Crippen molar-refractivity contribution in [2.24, 2.45) is 0 Å². The van der Waals surface area contributed by atoms with E-state index >= 15 is 0 Å². The van der Waals surface area contributed by atoms with Gasteiger partial charge in [-0.05, 0) is 0 Å². The van der Waals surface area contributed by atoms with Crippen molar-refractivity contribution in [1.82, 2.24) is 0 Å². The van der Waals surface area contributed by atoms with Gasteiger partial charge in [0, 0.05) is 0 Å². The standard InChI is InChI=1S/C7H14O6/c1-3(9)5(11)7(13)6(12)4(10)2-8/h4-13H,1-2H2/t4-,5-,6-,7-/m1/s1/i1D. The van der Waals surface area contributed by atoms with Gasteiger partial charge in [0.25, 0.3) is 0 Å². The summed E-state index contributed by atoms with van der Waals surface area (Å²) in [5, 5.41) is 53.4. The van der Waals surface area contributed by atoms with Crippen LogP contribution in [0, 0.1) is 0 Å². The van der Waals surface area contributed by atoms with Gasteiger partial charge >= 0.3 is 0 Å². The van der Waals surface area contributed by atoms with E-state index in [0.29, 0.717) is 6.55 Å². The molecule has 0 aromatic heterocycles. The van der Waals surface area contributed by atoms with Crippen molar-refractivity contribution < 1.29 is 32.0 Å². The van der Waals surface area contributed by atoms with Crippen molar-refractivity contribution >= 4 is 0 Å². The molecule has 0 saturated heterocycles. The Morgan fingerprint density at radius 1 is 1.23 bits per heavy atom. The van der Waals surface area contributed by atoms with Crippen LogP contribution < -0.4 is 0 Å². The Kier molecular flexibility index (Phi) is 4.13. The average molecular weight is 195 g/mol. The molecule has 78 valence electrons. The van der Waals surface area contributed by atoms with Gasteiger partial charge in [-0.1, -0.05) is 6.55 Å². The fourth-order valence-corrected chi connectivity index (χ4v) is 0.697. The molecule has 0 aromatic rings. The van der Waals surface area contributed by atoms with E-state index in [-0.39, 0.29) is 0 Å². The van der Waals surface area contributed by atoms with Crippen LogP contribution >= 0.6 is 0 Å². The lowest BCUT2D eigenvalue weighted by Crippen LogP contribution is -2.46. The highest BCUT2D eigenvalue weighted by Crippen LogP contribution is 2.08. The van der Waals surface area contributed by atoms with E-state index in [0.717, 1.165) is 0 Å². The Bertz CT molecular complexity index is 197. The van der Waals surface area contributed by atoms with Crippen LogP contribution in [0.2, 0.25) is 0 Å². The molecule has 0 spiro atoms. The molecule has 0 bridgehead atoms. The number of aliphatic hydroxyl groups is 6. The maximum absolute atomic E-state index is 9.13. The Hall–Kier alpha value is -0.660. The summed E-state index contributed by atoms with van der Waals surface area (Å²) < 4.78 is 6.55. The van der Waals surface area contributed by atoms with E-state index in [1.807, 2.05) is 0 Å². The lowest BCUT2D eigenvalue weighted by molar-refractivity contribution is -0.112. The first kappa shape index (κ1) is 10.4. The maximum atomic E-state index is 9.13. The van der Waals surface area contributed by atoms with Crippen LogP contribution in [-0.4, -0.2) is 61.7 Å². The fraction of sp³-hybridized carbons (Fsp3) is 0.714. The third-order valence-electron chi connectivity index (χ3n) is 1.56. The van der Waals surface area contributed by atoms with Crippen LogP contribution in [0.1, 0.15) is 1.37 Å². The van der Waals surface area contributed by atoms with Crippen molar-refractivity contribution in [3.05, 3.63) is 12.3 Å². The number of hydrogen-bond donors (Lipinski definition) is 6. The van der Waals surface area contributed by atoms with Crippen LogP contribution in [0.4, 0.5) is 0 Å². The van der Waals surface area contributed by atoms with Gasteiger partial charge in [-0.15, -0.1) is 0 Å². The number of aliphatic hydroxyl groups excluding tert-OH is 6. The molecule has 13 heavy (non-hydrogen) atoms. The molecule has 0 aromatic carbocycles. The second kappa shape index (κ2) is 5.15. The smallest absolute Gasteiger partial charge is 0.139 e. The molecule has 0 aliphatic carbocycles. The monoisotopic (exact) mass is 195 g/mol. The van der Waals surface area contributed by atoms with Gasteiger partial charge in [0.05, 0.1) is 7.98 Å². The molecule has 0 aliphatic rings. The van der Waals surface area contributed by atoms with E-state index in [9.17, 15) is 0 Å². The molecule has 0 fully saturated rings. The molecule has 0 unspecified atom stereocenters. The van der Waals surface area contributed by atoms with Gasteiger partial charge in [-0.3, -0.25) is 0 Å². The van der Waals surface area contributed by atoms with Crippen molar-refractivity contribution in [3.63, 3.8) is 0 Å². The lowest BCUT2D eigenvalue weighted by Gasteiger charge is -2.24. The zero-order chi connectivity index (χ0) is 11.3. The number of hydrogen-bond acceptors (Lipinski definition) is 6. The van der Waals surface area contributed by atoms with E-state index in [2.05, 4.69) is 0 Å². The zero-order valence-electron chi connectivity index (χ0n) is 7.78. The van der Waals surface area contributed by atoms with Crippen LogP contribution in [0.5, 0.6) is 0 Å². The summed E-state index contributed by atoms with van der Waals surface area (Å²) in [5.74, 6) is -0.846. The summed E-state index contributed by atoms with van der Waals surface area (Å²) >= 11 is 0. The van der Waals surface area contributed by atoms with Crippen molar-refractivity contribution in [2.75, 3.05) is 6.61 Å². The van der Waals surface area contributed by atoms with Crippen LogP contribution in [0.15, 0.2) is 12.3 Å². The Morgan fingerprint density at radius 2 is 1.77 bits per heavy atom.